The summed E-state index contributed by atoms with van der Waals surface area (Å²) in [7, 11) is 0. The number of rotatable bonds is 3. The summed E-state index contributed by atoms with van der Waals surface area (Å²) in [5, 5.41) is 7.96. The molecule has 0 aromatic carbocycles. The SMILES string of the molecule is CCNC(=S)NN=C(C)C1CCCCC1. The molecule has 0 bridgehead atoms. The predicted molar refractivity (Wildman–Crippen MR) is 69.1 cm³/mol. The van der Waals surface area contributed by atoms with E-state index in [1.54, 1.807) is 0 Å². The second kappa shape index (κ2) is 6.77. The molecule has 0 aromatic rings. The minimum absolute atomic E-state index is 0.618. The van der Waals surface area contributed by atoms with Crippen molar-refractivity contribution in [1.29, 1.82) is 0 Å². The Labute approximate surface area is 97.7 Å². The minimum Gasteiger partial charge on any atom is -0.362 e. The van der Waals surface area contributed by atoms with Gasteiger partial charge < -0.3 is 5.32 Å². The summed E-state index contributed by atoms with van der Waals surface area (Å²) in [5.41, 5.74) is 4.08. The fourth-order valence-corrected chi connectivity index (χ4v) is 2.14. The van der Waals surface area contributed by atoms with Crippen LogP contribution in [0, 0.1) is 5.92 Å². The van der Waals surface area contributed by atoms with Crippen LogP contribution in [0.3, 0.4) is 0 Å². The van der Waals surface area contributed by atoms with Gasteiger partial charge in [-0.15, -0.1) is 0 Å². The zero-order valence-electron chi connectivity index (χ0n) is 9.68. The van der Waals surface area contributed by atoms with Crippen molar-refractivity contribution in [3.63, 3.8) is 0 Å². The van der Waals surface area contributed by atoms with Gasteiger partial charge in [-0.05, 0) is 44.8 Å². The summed E-state index contributed by atoms with van der Waals surface area (Å²) in [6.45, 7) is 4.95. The van der Waals surface area contributed by atoms with Gasteiger partial charge in [0.2, 0.25) is 0 Å². The molecule has 0 heterocycles. The van der Waals surface area contributed by atoms with E-state index >= 15 is 0 Å². The fraction of sp³-hybridized carbons (Fsp3) is 0.818. The summed E-state index contributed by atoms with van der Waals surface area (Å²) >= 11 is 5.04. The van der Waals surface area contributed by atoms with Crippen LogP contribution in [0.25, 0.3) is 0 Å². The molecule has 4 heteroatoms. The molecular weight excluding hydrogens is 206 g/mol. The molecule has 86 valence electrons. The smallest absolute Gasteiger partial charge is 0.186 e. The third-order valence-electron chi connectivity index (χ3n) is 2.87. The van der Waals surface area contributed by atoms with E-state index in [1.165, 1.54) is 37.8 Å². The lowest BCUT2D eigenvalue weighted by atomic mass is 9.86. The minimum atomic E-state index is 0.618. The van der Waals surface area contributed by atoms with E-state index in [0.29, 0.717) is 11.0 Å². The first kappa shape index (κ1) is 12.4. The predicted octanol–water partition coefficient (Wildman–Crippen LogP) is 2.43. The van der Waals surface area contributed by atoms with Gasteiger partial charge in [-0.2, -0.15) is 5.10 Å². The number of hydrogen-bond acceptors (Lipinski definition) is 2. The first-order chi connectivity index (χ1) is 7.24. The Bertz CT molecular complexity index is 232. The lowest BCUT2D eigenvalue weighted by Crippen LogP contribution is -2.33. The second-order valence-corrected chi connectivity index (χ2v) is 4.47. The lowest BCUT2D eigenvalue weighted by Gasteiger charge is -2.21. The maximum Gasteiger partial charge on any atom is 0.186 e. The number of nitrogens with zero attached hydrogens (tertiary/aromatic N) is 1. The number of nitrogens with one attached hydrogen (secondary N) is 2. The van der Waals surface area contributed by atoms with Crippen molar-refractivity contribution in [1.82, 2.24) is 10.7 Å². The van der Waals surface area contributed by atoms with Gasteiger partial charge in [0, 0.05) is 12.3 Å². The van der Waals surface area contributed by atoms with Crippen LogP contribution in [0.4, 0.5) is 0 Å². The van der Waals surface area contributed by atoms with Crippen LogP contribution in [0.2, 0.25) is 0 Å². The zero-order valence-corrected chi connectivity index (χ0v) is 10.5. The van der Waals surface area contributed by atoms with Gasteiger partial charge >= 0.3 is 0 Å². The van der Waals surface area contributed by atoms with Crippen LogP contribution < -0.4 is 10.7 Å². The Morgan fingerprint density at radius 3 is 2.60 bits per heavy atom. The molecule has 1 aliphatic carbocycles. The molecule has 0 saturated heterocycles. The van der Waals surface area contributed by atoms with Gasteiger partial charge in [-0.1, -0.05) is 19.3 Å². The van der Waals surface area contributed by atoms with E-state index in [2.05, 4.69) is 22.8 Å². The van der Waals surface area contributed by atoms with Crippen molar-refractivity contribution in [3.8, 4) is 0 Å². The number of hydrogen-bond donors (Lipinski definition) is 2. The first-order valence-corrected chi connectivity index (χ1v) is 6.23. The topological polar surface area (TPSA) is 36.4 Å². The summed E-state index contributed by atoms with van der Waals surface area (Å²) in [6, 6.07) is 0. The molecular formula is C11H21N3S. The van der Waals surface area contributed by atoms with Crippen molar-refractivity contribution >= 4 is 23.0 Å². The Balaban J connectivity index is 2.33. The molecule has 1 aliphatic rings. The van der Waals surface area contributed by atoms with Crippen LogP contribution in [-0.2, 0) is 0 Å². The van der Waals surface area contributed by atoms with Gasteiger partial charge in [0.05, 0.1) is 0 Å². The van der Waals surface area contributed by atoms with Crippen LogP contribution in [0.15, 0.2) is 5.10 Å². The summed E-state index contributed by atoms with van der Waals surface area (Å²) in [4.78, 5) is 0. The standard InChI is InChI=1S/C11H21N3S/c1-3-12-11(15)14-13-9(2)10-7-5-4-6-8-10/h10H,3-8H2,1-2H3,(H2,12,14,15). The van der Waals surface area contributed by atoms with Gasteiger partial charge in [-0.25, -0.2) is 0 Å². The Morgan fingerprint density at radius 1 is 1.33 bits per heavy atom. The van der Waals surface area contributed by atoms with E-state index in [4.69, 9.17) is 12.2 Å². The highest BCUT2D eigenvalue weighted by atomic mass is 32.1. The molecule has 2 N–H and O–H groups in total. The van der Waals surface area contributed by atoms with Crippen LogP contribution in [0.5, 0.6) is 0 Å². The van der Waals surface area contributed by atoms with Crippen LogP contribution >= 0.6 is 12.2 Å². The largest absolute Gasteiger partial charge is 0.362 e. The average Bonchev–Trinajstić information content (AvgIpc) is 2.27. The van der Waals surface area contributed by atoms with E-state index in [1.807, 2.05) is 6.92 Å². The zero-order chi connectivity index (χ0) is 11.1. The monoisotopic (exact) mass is 227 g/mol. The van der Waals surface area contributed by atoms with E-state index in [-0.39, 0.29) is 0 Å². The quantitative estimate of drug-likeness (QED) is 0.442. The van der Waals surface area contributed by atoms with Crippen molar-refractivity contribution in [2.24, 2.45) is 11.0 Å². The molecule has 0 atom stereocenters. The maximum absolute atomic E-state index is 5.04. The van der Waals surface area contributed by atoms with E-state index in [0.717, 1.165) is 6.54 Å². The van der Waals surface area contributed by atoms with Gasteiger partial charge in [0.25, 0.3) is 0 Å². The first-order valence-electron chi connectivity index (χ1n) is 5.82. The summed E-state index contributed by atoms with van der Waals surface area (Å²) < 4.78 is 0. The van der Waals surface area contributed by atoms with Gasteiger partial charge in [0.1, 0.15) is 0 Å². The third kappa shape index (κ3) is 4.60. The van der Waals surface area contributed by atoms with E-state index < -0.39 is 0 Å². The molecule has 1 saturated carbocycles. The van der Waals surface area contributed by atoms with Gasteiger partial charge in [0.15, 0.2) is 5.11 Å². The number of thiocarbonyl (C=S) groups is 1. The third-order valence-corrected chi connectivity index (χ3v) is 3.10. The van der Waals surface area contributed by atoms with E-state index in [9.17, 15) is 0 Å². The van der Waals surface area contributed by atoms with Crippen molar-refractivity contribution in [3.05, 3.63) is 0 Å². The second-order valence-electron chi connectivity index (χ2n) is 4.06. The Kier molecular flexibility index (Phi) is 5.61. The molecule has 1 rings (SSSR count). The highest BCUT2D eigenvalue weighted by molar-refractivity contribution is 7.80. The maximum atomic E-state index is 5.04. The average molecular weight is 227 g/mol. The normalized spacial score (nSPS) is 18.7. The van der Waals surface area contributed by atoms with Crippen molar-refractivity contribution in [2.45, 2.75) is 46.0 Å². The Hall–Kier alpha value is -0.640. The number of hydrazone groups is 1. The molecule has 0 aliphatic heterocycles. The molecule has 0 amide bonds. The van der Waals surface area contributed by atoms with Crippen molar-refractivity contribution < 1.29 is 0 Å². The van der Waals surface area contributed by atoms with Crippen LogP contribution in [0.1, 0.15) is 46.0 Å². The molecule has 0 spiro atoms. The lowest BCUT2D eigenvalue weighted by molar-refractivity contribution is 0.437. The highest BCUT2D eigenvalue weighted by Gasteiger charge is 2.15. The molecule has 0 radical (unpaired) electrons. The Morgan fingerprint density at radius 2 is 2.00 bits per heavy atom. The van der Waals surface area contributed by atoms with Crippen molar-refractivity contribution in [2.75, 3.05) is 6.54 Å². The molecule has 1 fully saturated rings. The molecule has 0 unspecified atom stereocenters. The summed E-state index contributed by atoms with van der Waals surface area (Å²) in [5.74, 6) is 0.663. The fourth-order valence-electron chi connectivity index (χ4n) is 1.95. The molecule has 0 aromatic heterocycles. The molecule has 3 nitrogen and oxygen atoms in total. The van der Waals surface area contributed by atoms with Crippen LogP contribution in [-0.4, -0.2) is 17.4 Å². The van der Waals surface area contributed by atoms with Gasteiger partial charge in [-0.3, -0.25) is 5.43 Å². The summed E-state index contributed by atoms with van der Waals surface area (Å²) in [6.07, 6.45) is 6.63. The highest BCUT2D eigenvalue weighted by Crippen LogP contribution is 2.24. The molecule has 15 heavy (non-hydrogen) atoms.